The summed E-state index contributed by atoms with van der Waals surface area (Å²) < 4.78 is 5.88. The second-order valence-corrected chi connectivity index (χ2v) is 6.16. The van der Waals surface area contributed by atoms with Crippen LogP contribution in [0.3, 0.4) is 0 Å². The molecule has 132 valence electrons. The molecule has 0 bridgehead atoms. The van der Waals surface area contributed by atoms with Crippen molar-refractivity contribution in [3.8, 4) is 5.75 Å². The van der Waals surface area contributed by atoms with Crippen molar-refractivity contribution in [2.24, 2.45) is 0 Å². The van der Waals surface area contributed by atoms with Gasteiger partial charge in [-0.1, -0.05) is 6.07 Å². The van der Waals surface area contributed by atoms with Crippen LogP contribution in [0.1, 0.15) is 13.3 Å². The Bertz CT molecular complexity index is 708. The molecule has 0 saturated carbocycles. The number of rotatable bonds is 5. The zero-order valence-electron chi connectivity index (χ0n) is 14.7. The Morgan fingerprint density at radius 1 is 1.40 bits per heavy atom. The highest BCUT2D eigenvalue weighted by atomic mass is 16.5. The van der Waals surface area contributed by atoms with E-state index in [1.165, 1.54) is 0 Å². The van der Waals surface area contributed by atoms with Gasteiger partial charge in [0.15, 0.2) is 0 Å². The number of anilines is 2. The van der Waals surface area contributed by atoms with Gasteiger partial charge in [-0.3, -0.25) is 4.98 Å². The number of amides is 2. The fourth-order valence-electron chi connectivity index (χ4n) is 2.82. The van der Waals surface area contributed by atoms with Gasteiger partial charge in [-0.2, -0.15) is 0 Å². The number of urea groups is 1. The van der Waals surface area contributed by atoms with Crippen molar-refractivity contribution in [2.45, 2.75) is 19.4 Å². The van der Waals surface area contributed by atoms with E-state index >= 15 is 0 Å². The van der Waals surface area contributed by atoms with Gasteiger partial charge in [0.05, 0.1) is 12.7 Å². The number of likely N-dealkylation sites (tertiary alicyclic amines) is 1. The molecule has 2 aromatic rings. The standard InChI is InChI=1S/C19H24N4O2/c1-3-22(2)16-7-4-6-15(12-16)21-19(24)23-11-9-18(14-23)25-17-8-5-10-20-13-17/h4-8,10,12-13,18H,3,9,11,14H2,1-2H3,(H,21,24). The van der Waals surface area contributed by atoms with E-state index in [9.17, 15) is 4.79 Å². The molecule has 1 aromatic carbocycles. The number of carbonyl (C=O) groups is 1. The summed E-state index contributed by atoms with van der Waals surface area (Å²) in [6.07, 6.45) is 4.23. The highest BCUT2D eigenvalue weighted by molar-refractivity contribution is 5.90. The maximum atomic E-state index is 12.5. The minimum absolute atomic E-state index is 0.00695. The van der Waals surface area contributed by atoms with Crippen LogP contribution >= 0.6 is 0 Å². The lowest BCUT2D eigenvalue weighted by Gasteiger charge is -2.20. The molecule has 6 nitrogen and oxygen atoms in total. The summed E-state index contributed by atoms with van der Waals surface area (Å²) in [4.78, 5) is 20.5. The van der Waals surface area contributed by atoms with Crippen molar-refractivity contribution in [2.75, 3.05) is 36.9 Å². The van der Waals surface area contributed by atoms with Gasteiger partial charge >= 0.3 is 6.03 Å². The quantitative estimate of drug-likeness (QED) is 0.908. The van der Waals surface area contributed by atoms with Crippen LogP contribution in [0.2, 0.25) is 0 Å². The summed E-state index contributed by atoms with van der Waals surface area (Å²) in [5.41, 5.74) is 1.89. The van der Waals surface area contributed by atoms with E-state index in [-0.39, 0.29) is 12.1 Å². The first-order valence-electron chi connectivity index (χ1n) is 8.59. The summed E-state index contributed by atoms with van der Waals surface area (Å²) in [7, 11) is 2.03. The molecule has 2 amide bonds. The minimum atomic E-state index is -0.0893. The van der Waals surface area contributed by atoms with E-state index < -0.39 is 0 Å². The maximum Gasteiger partial charge on any atom is 0.321 e. The number of aromatic nitrogens is 1. The lowest BCUT2D eigenvalue weighted by atomic mass is 10.2. The molecule has 1 aliphatic heterocycles. The Balaban J connectivity index is 1.56. The van der Waals surface area contributed by atoms with Crippen LogP contribution in [0.15, 0.2) is 48.8 Å². The Kier molecular flexibility index (Phi) is 5.38. The Hall–Kier alpha value is -2.76. The summed E-state index contributed by atoms with van der Waals surface area (Å²) >= 11 is 0. The molecule has 1 aromatic heterocycles. The predicted octanol–water partition coefficient (Wildman–Crippen LogP) is 3.22. The molecule has 0 radical (unpaired) electrons. The van der Waals surface area contributed by atoms with Crippen molar-refractivity contribution < 1.29 is 9.53 Å². The highest BCUT2D eigenvalue weighted by Crippen LogP contribution is 2.21. The lowest BCUT2D eigenvalue weighted by molar-refractivity contribution is 0.194. The molecule has 1 unspecified atom stereocenters. The topological polar surface area (TPSA) is 57.7 Å². The fourth-order valence-corrected chi connectivity index (χ4v) is 2.82. The smallest absolute Gasteiger partial charge is 0.321 e. The molecule has 1 saturated heterocycles. The molecular weight excluding hydrogens is 316 g/mol. The first kappa shape index (κ1) is 17.1. The van der Waals surface area contributed by atoms with Gasteiger partial charge in [0.2, 0.25) is 0 Å². The van der Waals surface area contributed by atoms with Crippen molar-refractivity contribution in [3.05, 3.63) is 48.8 Å². The predicted molar refractivity (Wildman–Crippen MR) is 99.2 cm³/mol. The average molecular weight is 340 g/mol. The molecule has 2 heterocycles. The molecule has 1 fully saturated rings. The van der Waals surface area contributed by atoms with Crippen LogP contribution in [0.25, 0.3) is 0 Å². The second-order valence-electron chi connectivity index (χ2n) is 6.16. The van der Waals surface area contributed by atoms with Gasteiger partial charge in [0, 0.05) is 44.1 Å². The second kappa shape index (κ2) is 7.88. The normalized spacial score (nSPS) is 16.6. The average Bonchev–Trinajstić information content (AvgIpc) is 3.11. The first-order valence-corrected chi connectivity index (χ1v) is 8.59. The van der Waals surface area contributed by atoms with Gasteiger partial charge < -0.3 is 19.9 Å². The molecule has 0 aliphatic carbocycles. The van der Waals surface area contributed by atoms with Crippen LogP contribution in [0.5, 0.6) is 5.75 Å². The third kappa shape index (κ3) is 4.41. The zero-order valence-corrected chi connectivity index (χ0v) is 14.7. The van der Waals surface area contributed by atoms with Crippen molar-refractivity contribution >= 4 is 17.4 Å². The Labute approximate surface area is 148 Å². The molecule has 3 rings (SSSR count). The minimum Gasteiger partial charge on any atom is -0.487 e. The van der Waals surface area contributed by atoms with E-state index in [0.717, 1.165) is 30.1 Å². The van der Waals surface area contributed by atoms with Crippen molar-refractivity contribution in [3.63, 3.8) is 0 Å². The SMILES string of the molecule is CCN(C)c1cccc(NC(=O)N2CCC(Oc3cccnc3)C2)c1. The van der Waals surface area contributed by atoms with Crippen molar-refractivity contribution in [1.29, 1.82) is 0 Å². The summed E-state index contributed by atoms with van der Waals surface area (Å²) in [5.74, 6) is 0.741. The van der Waals surface area contributed by atoms with Crippen molar-refractivity contribution in [1.82, 2.24) is 9.88 Å². The number of benzene rings is 1. The fraction of sp³-hybridized carbons (Fsp3) is 0.368. The lowest BCUT2D eigenvalue weighted by Crippen LogP contribution is -2.34. The van der Waals surface area contributed by atoms with Crippen LogP contribution in [-0.4, -0.2) is 48.7 Å². The van der Waals surface area contributed by atoms with E-state index in [2.05, 4.69) is 22.1 Å². The number of hydrogen-bond acceptors (Lipinski definition) is 4. The Morgan fingerprint density at radius 2 is 2.28 bits per heavy atom. The highest BCUT2D eigenvalue weighted by Gasteiger charge is 2.27. The number of hydrogen-bond donors (Lipinski definition) is 1. The number of pyridine rings is 1. The van der Waals surface area contributed by atoms with E-state index in [0.29, 0.717) is 13.1 Å². The van der Waals surface area contributed by atoms with Gasteiger partial charge in [0.25, 0.3) is 0 Å². The van der Waals surface area contributed by atoms with Crippen LogP contribution in [0.4, 0.5) is 16.2 Å². The van der Waals surface area contributed by atoms with Gasteiger partial charge in [-0.25, -0.2) is 4.79 Å². The molecular formula is C19H24N4O2. The maximum absolute atomic E-state index is 12.5. The number of nitrogens with zero attached hydrogens (tertiary/aromatic N) is 3. The third-order valence-electron chi connectivity index (χ3n) is 4.38. The number of ether oxygens (including phenoxy) is 1. The first-order chi connectivity index (χ1) is 12.2. The largest absolute Gasteiger partial charge is 0.487 e. The number of carbonyl (C=O) groups excluding carboxylic acids is 1. The van der Waals surface area contributed by atoms with E-state index in [1.807, 2.05) is 43.4 Å². The van der Waals surface area contributed by atoms with E-state index in [4.69, 9.17) is 4.74 Å². The summed E-state index contributed by atoms with van der Waals surface area (Å²) in [6.45, 7) is 4.27. The molecule has 25 heavy (non-hydrogen) atoms. The third-order valence-corrected chi connectivity index (χ3v) is 4.38. The van der Waals surface area contributed by atoms with Gasteiger partial charge in [-0.15, -0.1) is 0 Å². The van der Waals surface area contributed by atoms with E-state index in [1.54, 1.807) is 17.3 Å². The van der Waals surface area contributed by atoms with Crippen LogP contribution in [-0.2, 0) is 0 Å². The Morgan fingerprint density at radius 3 is 3.04 bits per heavy atom. The molecule has 1 atom stereocenters. The van der Waals surface area contributed by atoms with Gasteiger partial charge in [0.1, 0.15) is 11.9 Å². The molecule has 1 aliphatic rings. The van der Waals surface area contributed by atoms with Crippen LogP contribution in [0, 0.1) is 0 Å². The van der Waals surface area contributed by atoms with Gasteiger partial charge in [-0.05, 0) is 37.3 Å². The number of nitrogens with one attached hydrogen (secondary N) is 1. The molecule has 6 heteroatoms. The molecule has 0 spiro atoms. The monoisotopic (exact) mass is 340 g/mol. The summed E-state index contributed by atoms with van der Waals surface area (Å²) in [5, 5.41) is 2.98. The zero-order chi connectivity index (χ0) is 17.6. The van der Waals surface area contributed by atoms with Crippen LogP contribution < -0.4 is 15.0 Å². The molecule has 1 N–H and O–H groups in total. The summed E-state index contributed by atoms with van der Waals surface area (Å²) in [6, 6.07) is 11.5.